The summed E-state index contributed by atoms with van der Waals surface area (Å²) < 4.78 is 11.6. The maximum absolute atomic E-state index is 13.9. The van der Waals surface area contributed by atoms with Crippen molar-refractivity contribution in [1.29, 1.82) is 0 Å². The predicted octanol–water partition coefficient (Wildman–Crippen LogP) is 7.38. The second-order valence-electron chi connectivity index (χ2n) is 13.5. The van der Waals surface area contributed by atoms with Gasteiger partial charge in [0, 0.05) is 58.6 Å². The summed E-state index contributed by atoms with van der Waals surface area (Å²) in [4.78, 5) is 42.6. The van der Waals surface area contributed by atoms with Crippen LogP contribution in [0.4, 0.5) is 5.69 Å². The molecule has 2 aromatic rings. The van der Waals surface area contributed by atoms with Crippen LogP contribution in [0.25, 0.3) is 0 Å². The molecule has 1 heterocycles. The van der Waals surface area contributed by atoms with E-state index in [2.05, 4.69) is 44.8 Å². The van der Waals surface area contributed by atoms with E-state index < -0.39 is 5.92 Å². The van der Waals surface area contributed by atoms with Gasteiger partial charge in [-0.05, 0) is 72.9 Å². The number of hydrogen-bond donors (Lipinski definition) is 1. The van der Waals surface area contributed by atoms with Gasteiger partial charge in [0.05, 0.1) is 7.11 Å². The molecule has 8 heteroatoms. The Labute approximate surface area is 259 Å². The molecular formula is C35H41ClN2O5. The normalized spacial score (nSPS) is 19.7. The number of ketones is 2. The summed E-state index contributed by atoms with van der Waals surface area (Å²) in [6, 6.07) is 10.8. The van der Waals surface area contributed by atoms with E-state index >= 15 is 0 Å². The molecule has 228 valence electrons. The van der Waals surface area contributed by atoms with Crippen molar-refractivity contribution in [3.8, 4) is 11.5 Å². The Morgan fingerprint density at radius 3 is 2.07 bits per heavy atom. The average Bonchev–Trinajstić information content (AvgIpc) is 2.91. The Morgan fingerprint density at radius 1 is 0.930 bits per heavy atom. The van der Waals surface area contributed by atoms with Gasteiger partial charge in [0.2, 0.25) is 0 Å². The first-order valence-electron chi connectivity index (χ1n) is 14.9. The largest absolute Gasteiger partial charge is 0.493 e. The zero-order valence-corrected chi connectivity index (χ0v) is 26.9. The second-order valence-corrected chi connectivity index (χ2v) is 13.9. The summed E-state index contributed by atoms with van der Waals surface area (Å²) in [5.41, 5.74) is 5.48. The highest BCUT2D eigenvalue weighted by Crippen LogP contribution is 2.54. The number of allylic oxidation sites excluding steroid dienone is 4. The number of amides is 1. The Bertz CT molecular complexity index is 1510. The highest BCUT2D eigenvalue weighted by Gasteiger charge is 2.48. The topological polar surface area (TPSA) is 84.9 Å². The fourth-order valence-electron chi connectivity index (χ4n) is 6.76. The molecule has 2 aliphatic carbocycles. The highest BCUT2D eigenvalue weighted by atomic mass is 35.5. The molecule has 0 radical (unpaired) electrons. The van der Waals surface area contributed by atoms with Crippen molar-refractivity contribution in [2.24, 2.45) is 10.8 Å². The number of ether oxygens (including phenoxy) is 2. The van der Waals surface area contributed by atoms with Gasteiger partial charge >= 0.3 is 0 Å². The number of methoxy groups -OCH3 is 1. The van der Waals surface area contributed by atoms with Gasteiger partial charge in [-0.15, -0.1) is 0 Å². The average molecular weight is 605 g/mol. The number of nitrogens with one attached hydrogen (secondary N) is 1. The molecule has 0 bridgehead atoms. The number of carbonyl (C=O) groups excluding carboxylic acids is 3. The number of hydrogen-bond acceptors (Lipinski definition) is 6. The second kappa shape index (κ2) is 11.5. The fourth-order valence-corrected chi connectivity index (χ4v) is 6.94. The van der Waals surface area contributed by atoms with E-state index in [4.69, 9.17) is 21.1 Å². The molecule has 1 amide bonds. The third kappa shape index (κ3) is 6.10. The predicted molar refractivity (Wildman–Crippen MR) is 169 cm³/mol. The van der Waals surface area contributed by atoms with E-state index in [1.54, 1.807) is 18.2 Å². The molecule has 0 fully saturated rings. The molecule has 0 saturated carbocycles. The van der Waals surface area contributed by atoms with Crippen molar-refractivity contribution in [3.05, 3.63) is 75.1 Å². The Kier molecular flexibility index (Phi) is 8.25. The molecule has 0 atom stereocenters. The number of rotatable bonds is 7. The van der Waals surface area contributed by atoms with E-state index in [-0.39, 0.29) is 34.9 Å². The summed E-state index contributed by atoms with van der Waals surface area (Å²) in [6.07, 6.45) is 2.40. The van der Waals surface area contributed by atoms with E-state index in [1.807, 2.05) is 25.1 Å². The molecule has 0 saturated heterocycles. The molecule has 1 N–H and O–H groups in total. The zero-order valence-electron chi connectivity index (χ0n) is 26.2. The molecule has 1 aliphatic heterocycles. The molecule has 3 aliphatic rings. The van der Waals surface area contributed by atoms with Gasteiger partial charge in [0.1, 0.15) is 0 Å². The van der Waals surface area contributed by atoms with Gasteiger partial charge in [0.25, 0.3) is 5.91 Å². The maximum Gasteiger partial charge on any atom is 0.262 e. The van der Waals surface area contributed by atoms with Crippen molar-refractivity contribution in [3.63, 3.8) is 0 Å². The van der Waals surface area contributed by atoms with E-state index in [0.717, 1.165) is 46.5 Å². The van der Waals surface area contributed by atoms with E-state index in [1.165, 1.54) is 7.11 Å². The lowest BCUT2D eigenvalue weighted by Crippen LogP contribution is -2.44. The van der Waals surface area contributed by atoms with Crippen LogP contribution in [0.3, 0.4) is 0 Å². The Morgan fingerprint density at radius 2 is 1.53 bits per heavy atom. The minimum Gasteiger partial charge on any atom is -0.493 e. The van der Waals surface area contributed by atoms with Crippen LogP contribution in [0.1, 0.15) is 77.3 Å². The smallest absolute Gasteiger partial charge is 0.262 e. The van der Waals surface area contributed by atoms with Gasteiger partial charge in [-0.2, -0.15) is 0 Å². The van der Waals surface area contributed by atoms with Crippen LogP contribution < -0.4 is 14.8 Å². The number of Topliss-reactive ketones (excluding diaryl/α,β-unsaturated/α-hetero) is 2. The summed E-state index contributed by atoms with van der Waals surface area (Å²) in [5, 5.41) is 3.36. The SMILES string of the molecule is CCN1C2=C(C(=O)CC(C)(C)C2)C(c2ccc(OCC(=O)Nc3ccc(C)c(Cl)c3)c(OC)c2)C2=C1CC(C)(C)CC2=O. The Balaban J connectivity index is 1.49. The summed E-state index contributed by atoms with van der Waals surface area (Å²) in [5.74, 6) is 0.186. The number of carbonyl (C=O) groups is 3. The minimum atomic E-state index is -0.475. The zero-order chi connectivity index (χ0) is 31.3. The van der Waals surface area contributed by atoms with Gasteiger partial charge in [-0.3, -0.25) is 14.4 Å². The highest BCUT2D eigenvalue weighted by molar-refractivity contribution is 6.31. The lowest BCUT2D eigenvalue weighted by Gasteiger charge is -2.48. The van der Waals surface area contributed by atoms with Crippen molar-refractivity contribution >= 4 is 34.8 Å². The molecule has 5 rings (SSSR count). The quantitative estimate of drug-likeness (QED) is 0.355. The lowest BCUT2D eigenvalue weighted by molar-refractivity contribution is -0.120. The molecular weight excluding hydrogens is 564 g/mol. The minimum absolute atomic E-state index is 0.0889. The van der Waals surface area contributed by atoms with Crippen LogP contribution in [0.2, 0.25) is 5.02 Å². The van der Waals surface area contributed by atoms with Crippen LogP contribution in [0.5, 0.6) is 11.5 Å². The first kappa shape index (κ1) is 30.9. The van der Waals surface area contributed by atoms with Crippen LogP contribution in [-0.4, -0.2) is 42.6 Å². The van der Waals surface area contributed by atoms with Crippen molar-refractivity contribution < 1.29 is 23.9 Å². The van der Waals surface area contributed by atoms with E-state index in [9.17, 15) is 14.4 Å². The van der Waals surface area contributed by atoms with E-state index in [0.29, 0.717) is 41.6 Å². The third-order valence-electron chi connectivity index (χ3n) is 8.67. The molecule has 7 nitrogen and oxygen atoms in total. The van der Waals surface area contributed by atoms with Crippen LogP contribution in [0.15, 0.2) is 58.9 Å². The molecule has 0 spiro atoms. The number of benzene rings is 2. The maximum atomic E-state index is 13.9. The first-order valence-corrected chi connectivity index (χ1v) is 15.3. The van der Waals surface area contributed by atoms with Crippen molar-refractivity contribution in [1.82, 2.24) is 4.90 Å². The van der Waals surface area contributed by atoms with Crippen LogP contribution in [0, 0.1) is 17.8 Å². The van der Waals surface area contributed by atoms with Crippen LogP contribution in [-0.2, 0) is 14.4 Å². The van der Waals surface area contributed by atoms with Crippen molar-refractivity contribution in [2.45, 2.75) is 73.1 Å². The first-order chi connectivity index (χ1) is 20.2. The third-order valence-corrected chi connectivity index (χ3v) is 9.08. The van der Waals surface area contributed by atoms with Gasteiger partial charge in [0.15, 0.2) is 29.7 Å². The summed E-state index contributed by atoms with van der Waals surface area (Å²) in [7, 11) is 1.54. The standard InChI is InChI=1S/C35H41ClN2O5/c1-8-38-24-15-34(3,4)17-26(39)32(24)31(33-25(38)16-35(5,6)18-27(33)40)21-10-12-28(29(13-21)42-7)43-19-30(41)37-22-11-9-20(2)23(36)14-22/h9-14,31H,8,15-19H2,1-7H3,(H,37,41). The fraction of sp³-hybridized carbons (Fsp3) is 0.457. The molecule has 2 aromatic carbocycles. The summed E-state index contributed by atoms with van der Waals surface area (Å²) >= 11 is 6.19. The van der Waals surface area contributed by atoms with Gasteiger partial charge in [-0.25, -0.2) is 0 Å². The number of aryl methyl sites for hydroxylation is 1. The molecule has 0 unspecified atom stereocenters. The number of halogens is 1. The molecule has 43 heavy (non-hydrogen) atoms. The summed E-state index contributed by atoms with van der Waals surface area (Å²) in [6.45, 7) is 13.0. The molecule has 0 aromatic heterocycles. The van der Waals surface area contributed by atoms with Gasteiger partial charge in [-0.1, -0.05) is 51.4 Å². The number of nitrogens with zero attached hydrogens (tertiary/aromatic N) is 1. The number of anilines is 1. The Hall–Kier alpha value is -3.58. The van der Waals surface area contributed by atoms with Gasteiger partial charge < -0.3 is 19.7 Å². The van der Waals surface area contributed by atoms with Crippen molar-refractivity contribution in [2.75, 3.05) is 25.6 Å². The lowest BCUT2D eigenvalue weighted by atomic mass is 9.63. The van der Waals surface area contributed by atoms with Crippen LogP contribution >= 0.6 is 11.6 Å². The monoisotopic (exact) mass is 604 g/mol.